The van der Waals surface area contributed by atoms with Crippen molar-refractivity contribution in [1.82, 2.24) is 24.6 Å². The van der Waals surface area contributed by atoms with E-state index in [-0.39, 0.29) is 11.8 Å². The number of rotatable bonds is 3. The number of hydrogen-bond acceptors (Lipinski definition) is 4. The lowest BCUT2D eigenvalue weighted by molar-refractivity contribution is -0.138. The number of piperidine rings is 1. The van der Waals surface area contributed by atoms with Crippen LogP contribution in [0.2, 0.25) is 0 Å². The zero-order valence-electron chi connectivity index (χ0n) is 15.9. The highest BCUT2D eigenvalue weighted by Crippen LogP contribution is 2.40. The number of aryl methyl sites for hydroxylation is 2. The van der Waals surface area contributed by atoms with Crippen LogP contribution in [-0.4, -0.2) is 56.0 Å². The molecule has 2 aliphatic rings. The van der Waals surface area contributed by atoms with Gasteiger partial charge in [-0.25, -0.2) is 0 Å². The molecule has 4 rings (SSSR count). The molecule has 2 aromatic rings. The maximum Gasteiger partial charge on any atom is 0.272 e. The van der Waals surface area contributed by atoms with E-state index in [1.807, 2.05) is 34.9 Å². The van der Waals surface area contributed by atoms with Crippen LogP contribution in [0, 0.1) is 12.3 Å². The van der Waals surface area contributed by atoms with Crippen LogP contribution >= 0.6 is 0 Å². The molecule has 7 heteroatoms. The van der Waals surface area contributed by atoms with E-state index in [9.17, 15) is 9.59 Å². The molecule has 2 saturated heterocycles. The second kappa shape index (κ2) is 6.79. The standard InChI is InChI=1S/C20H25N5O2/c1-15-5-3-6-16(22-15)13-24-12-9-20(19(24)27)8-4-11-25(14-20)18(26)17-7-10-21-23(17)2/h3,5-7,10H,4,8-9,11-14H2,1-2H3/t20-/m0/s1. The highest BCUT2D eigenvalue weighted by Gasteiger charge is 2.49. The summed E-state index contributed by atoms with van der Waals surface area (Å²) < 4.78 is 1.59. The van der Waals surface area contributed by atoms with Gasteiger partial charge in [0.25, 0.3) is 5.91 Å². The monoisotopic (exact) mass is 367 g/mol. The van der Waals surface area contributed by atoms with E-state index in [0.717, 1.165) is 37.2 Å². The van der Waals surface area contributed by atoms with Crippen LogP contribution in [0.25, 0.3) is 0 Å². The Labute approximate surface area is 159 Å². The number of carbonyl (C=O) groups excluding carboxylic acids is 2. The molecule has 2 fully saturated rings. The van der Waals surface area contributed by atoms with Crippen molar-refractivity contribution in [2.75, 3.05) is 19.6 Å². The molecule has 1 spiro atoms. The van der Waals surface area contributed by atoms with Gasteiger partial charge >= 0.3 is 0 Å². The largest absolute Gasteiger partial charge is 0.336 e. The molecule has 0 radical (unpaired) electrons. The van der Waals surface area contributed by atoms with E-state index in [4.69, 9.17) is 0 Å². The smallest absolute Gasteiger partial charge is 0.272 e. The van der Waals surface area contributed by atoms with Gasteiger partial charge in [-0.05, 0) is 44.4 Å². The number of likely N-dealkylation sites (tertiary alicyclic amines) is 2. The summed E-state index contributed by atoms with van der Waals surface area (Å²) in [6.45, 7) is 4.41. The molecule has 0 bridgehead atoms. The summed E-state index contributed by atoms with van der Waals surface area (Å²) in [6.07, 6.45) is 4.13. The molecule has 0 aliphatic carbocycles. The van der Waals surface area contributed by atoms with Crippen molar-refractivity contribution in [3.05, 3.63) is 47.5 Å². The molecule has 2 amide bonds. The van der Waals surface area contributed by atoms with E-state index in [1.165, 1.54) is 0 Å². The van der Waals surface area contributed by atoms with Gasteiger partial charge in [0.15, 0.2) is 0 Å². The highest BCUT2D eigenvalue weighted by molar-refractivity contribution is 5.93. The summed E-state index contributed by atoms with van der Waals surface area (Å²) in [5, 5.41) is 4.09. The number of nitrogens with zero attached hydrogens (tertiary/aromatic N) is 5. The molecule has 0 aromatic carbocycles. The molecule has 0 N–H and O–H groups in total. The molecular weight excluding hydrogens is 342 g/mol. The van der Waals surface area contributed by atoms with Crippen molar-refractivity contribution >= 4 is 11.8 Å². The summed E-state index contributed by atoms with van der Waals surface area (Å²) in [7, 11) is 1.77. The number of carbonyl (C=O) groups is 2. The van der Waals surface area contributed by atoms with Crippen LogP contribution in [0.3, 0.4) is 0 Å². The Hall–Kier alpha value is -2.70. The maximum absolute atomic E-state index is 13.2. The third-order valence-corrected chi connectivity index (χ3v) is 5.80. The molecule has 4 heterocycles. The van der Waals surface area contributed by atoms with Crippen molar-refractivity contribution in [1.29, 1.82) is 0 Å². The first-order valence-corrected chi connectivity index (χ1v) is 9.48. The van der Waals surface area contributed by atoms with Crippen molar-refractivity contribution in [2.24, 2.45) is 12.5 Å². The predicted octanol–water partition coefficient (Wildman–Crippen LogP) is 1.78. The first kappa shape index (κ1) is 17.7. The Morgan fingerprint density at radius 2 is 2.07 bits per heavy atom. The van der Waals surface area contributed by atoms with Crippen LogP contribution in [0.4, 0.5) is 0 Å². The number of hydrogen-bond donors (Lipinski definition) is 0. The Balaban J connectivity index is 1.49. The van der Waals surface area contributed by atoms with Gasteiger partial charge in [-0.2, -0.15) is 5.10 Å². The third kappa shape index (κ3) is 3.22. The quantitative estimate of drug-likeness (QED) is 0.829. The first-order chi connectivity index (χ1) is 13.0. The van der Waals surface area contributed by atoms with Crippen LogP contribution < -0.4 is 0 Å². The second-order valence-electron chi connectivity index (χ2n) is 7.70. The van der Waals surface area contributed by atoms with Gasteiger partial charge in [-0.15, -0.1) is 0 Å². The summed E-state index contributed by atoms with van der Waals surface area (Å²) >= 11 is 0. The zero-order chi connectivity index (χ0) is 19.0. The van der Waals surface area contributed by atoms with E-state index in [0.29, 0.717) is 25.3 Å². The number of pyridine rings is 1. The fourth-order valence-electron chi connectivity index (χ4n) is 4.36. The van der Waals surface area contributed by atoms with Crippen LogP contribution in [-0.2, 0) is 18.4 Å². The minimum atomic E-state index is -0.448. The molecule has 7 nitrogen and oxygen atoms in total. The van der Waals surface area contributed by atoms with Crippen LogP contribution in [0.1, 0.15) is 41.1 Å². The van der Waals surface area contributed by atoms with Crippen molar-refractivity contribution in [3.8, 4) is 0 Å². The lowest BCUT2D eigenvalue weighted by Gasteiger charge is -2.39. The average molecular weight is 367 g/mol. The molecule has 0 unspecified atom stereocenters. The van der Waals surface area contributed by atoms with E-state index < -0.39 is 5.41 Å². The van der Waals surface area contributed by atoms with Gasteiger partial charge in [0.2, 0.25) is 5.91 Å². The van der Waals surface area contributed by atoms with Crippen molar-refractivity contribution in [2.45, 2.75) is 32.7 Å². The van der Waals surface area contributed by atoms with Crippen molar-refractivity contribution in [3.63, 3.8) is 0 Å². The normalized spacial score (nSPS) is 22.7. The summed E-state index contributed by atoms with van der Waals surface area (Å²) in [5.74, 6) is 0.119. The van der Waals surface area contributed by atoms with Gasteiger partial charge in [0, 0.05) is 38.6 Å². The van der Waals surface area contributed by atoms with Gasteiger partial charge < -0.3 is 9.80 Å². The maximum atomic E-state index is 13.2. The van der Waals surface area contributed by atoms with Gasteiger partial charge in [-0.1, -0.05) is 6.07 Å². The third-order valence-electron chi connectivity index (χ3n) is 5.80. The topological polar surface area (TPSA) is 71.3 Å². The predicted molar refractivity (Wildman–Crippen MR) is 99.8 cm³/mol. The molecule has 27 heavy (non-hydrogen) atoms. The number of aromatic nitrogens is 3. The first-order valence-electron chi connectivity index (χ1n) is 9.48. The van der Waals surface area contributed by atoms with Crippen LogP contribution in [0.5, 0.6) is 0 Å². The lowest BCUT2D eigenvalue weighted by Crippen LogP contribution is -2.50. The molecular formula is C20H25N5O2. The highest BCUT2D eigenvalue weighted by atomic mass is 16.2. The fraction of sp³-hybridized carbons (Fsp3) is 0.500. The molecule has 0 saturated carbocycles. The molecule has 2 aliphatic heterocycles. The van der Waals surface area contributed by atoms with E-state index in [1.54, 1.807) is 24.0 Å². The minimum absolute atomic E-state index is 0.0410. The summed E-state index contributed by atoms with van der Waals surface area (Å²) in [6, 6.07) is 7.63. The Morgan fingerprint density at radius 3 is 2.81 bits per heavy atom. The molecule has 2 aromatic heterocycles. The SMILES string of the molecule is Cc1cccc(CN2CC[C@]3(CCCN(C(=O)c4ccnn4C)C3)C2=O)n1. The Kier molecular flexibility index (Phi) is 4.45. The Morgan fingerprint density at radius 1 is 1.22 bits per heavy atom. The molecule has 142 valence electrons. The fourth-order valence-corrected chi connectivity index (χ4v) is 4.36. The lowest BCUT2D eigenvalue weighted by atomic mass is 9.78. The summed E-state index contributed by atoms with van der Waals surface area (Å²) in [4.78, 5) is 34.4. The zero-order valence-corrected chi connectivity index (χ0v) is 15.9. The second-order valence-corrected chi connectivity index (χ2v) is 7.70. The van der Waals surface area contributed by atoms with Crippen molar-refractivity contribution < 1.29 is 9.59 Å². The van der Waals surface area contributed by atoms with Gasteiger partial charge in [0.1, 0.15) is 5.69 Å². The van der Waals surface area contributed by atoms with Crippen LogP contribution in [0.15, 0.2) is 30.5 Å². The van der Waals surface area contributed by atoms with Gasteiger partial charge in [0.05, 0.1) is 17.7 Å². The summed E-state index contributed by atoms with van der Waals surface area (Å²) in [5.41, 5.74) is 1.99. The van der Waals surface area contributed by atoms with Gasteiger partial charge in [-0.3, -0.25) is 19.3 Å². The Bertz CT molecular complexity index is 877. The van der Waals surface area contributed by atoms with E-state index >= 15 is 0 Å². The minimum Gasteiger partial charge on any atom is -0.336 e. The number of amides is 2. The van der Waals surface area contributed by atoms with E-state index in [2.05, 4.69) is 10.1 Å². The molecule has 1 atom stereocenters. The average Bonchev–Trinajstić information content (AvgIpc) is 3.21.